The van der Waals surface area contributed by atoms with Gasteiger partial charge in [0.15, 0.2) is 5.82 Å². The Bertz CT molecular complexity index is 991. The van der Waals surface area contributed by atoms with E-state index in [2.05, 4.69) is 16.0 Å². The van der Waals surface area contributed by atoms with E-state index in [4.69, 9.17) is 4.74 Å². The van der Waals surface area contributed by atoms with E-state index in [9.17, 15) is 27.5 Å². The molecule has 0 fully saturated rings. The largest absolute Gasteiger partial charge is 0.545 e. The third-order valence-electron chi connectivity index (χ3n) is 3.65. The highest BCUT2D eigenvalue weighted by molar-refractivity contribution is 5.84. The number of alkyl halides is 3. The topological polar surface area (TPSA) is 74.1 Å². The summed E-state index contributed by atoms with van der Waals surface area (Å²) in [6.07, 6.45) is -2.64. The molecule has 0 atom stereocenters. The van der Waals surface area contributed by atoms with Crippen LogP contribution in [0, 0.1) is 12.7 Å². The van der Waals surface area contributed by atoms with Gasteiger partial charge in [-0.15, -0.1) is 0 Å². The van der Waals surface area contributed by atoms with E-state index in [1.807, 2.05) is 0 Å². The second-order valence-electron chi connectivity index (χ2n) is 5.47. The Morgan fingerprint density at radius 2 is 1.86 bits per heavy atom. The molecule has 0 heterocycles. The number of methoxy groups -OCH3 is 1. The molecule has 0 spiro atoms. The number of rotatable bonds is 5. The summed E-state index contributed by atoms with van der Waals surface area (Å²) < 4.78 is 57.7. The third kappa shape index (κ3) is 5.05. The van der Waals surface area contributed by atoms with E-state index in [-0.39, 0.29) is 22.7 Å². The van der Waals surface area contributed by atoms with Crippen LogP contribution in [0.4, 0.5) is 28.9 Å². The van der Waals surface area contributed by atoms with Crippen LogP contribution in [0.25, 0.3) is 6.08 Å². The van der Waals surface area contributed by atoms with Crippen molar-refractivity contribution in [3.05, 3.63) is 58.9 Å². The summed E-state index contributed by atoms with van der Waals surface area (Å²) >= 11 is 0. The van der Waals surface area contributed by atoms with Gasteiger partial charge in [-0.1, -0.05) is 12.1 Å². The third-order valence-corrected chi connectivity index (χ3v) is 3.65. The fraction of sp³-hybridized carbons (Fsp3) is 0.158. The lowest BCUT2D eigenvalue weighted by molar-refractivity contribution is -0.297. The summed E-state index contributed by atoms with van der Waals surface area (Å²) in [6, 6.07) is 7.53. The fourth-order valence-electron chi connectivity index (χ4n) is 2.20. The molecule has 0 aliphatic rings. The minimum absolute atomic E-state index is 0.0649. The Morgan fingerprint density at radius 3 is 2.46 bits per heavy atom. The molecule has 146 valence electrons. The number of ether oxygens (including phenoxy) is 1. The van der Waals surface area contributed by atoms with Crippen LogP contribution in [-0.2, 0) is 11.0 Å². The van der Waals surface area contributed by atoms with Crippen LogP contribution in [0.1, 0.15) is 16.7 Å². The van der Waals surface area contributed by atoms with Gasteiger partial charge in [0.2, 0.25) is 0 Å². The molecule has 0 aliphatic carbocycles. The van der Waals surface area contributed by atoms with Gasteiger partial charge in [-0.25, -0.2) is 4.39 Å². The van der Waals surface area contributed by atoms with Crippen molar-refractivity contribution in [2.24, 2.45) is 9.98 Å². The molecule has 9 heteroatoms. The number of carboxylic acids is 1. The number of benzene rings is 2. The molecular formula is C19H13F4N2O3-. The maximum atomic E-state index is 14.3. The first kappa shape index (κ1) is 20.9. The first-order valence-corrected chi connectivity index (χ1v) is 7.73. The van der Waals surface area contributed by atoms with Gasteiger partial charge in [0.1, 0.15) is 23.1 Å². The highest BCUT2D eigenvalue weighted by Crippen LogP contribution is 2.36. The standard InChI is InChI=1S/C19H14F4N2O3/c1-11-12(4-8-17(26)27)3-6-14(18(11)20)24-10-25-15-9-13(19(21,22)23)5-7-16(15)28-2/h3-9H,1-2H3,(H,26,27)/p-1/b8-4+. The Morgan fingerprint density at radius 1 is 1.18 bits per heavy atom. The minimum Gasteiger partial charge on any atom is -0.545 e. The average Bonchev–Trinajstić information content (AvgIpc) is 2.63. The molecular weight excluding hydrogens is 380 g/mol. The second kappa shape index (κ2) is 8.49. The number of carbonyl (C=O) groups is 1. The molecule has 2 aromatic rings. The molecule has 0 aliphatic heterocycles. The molecule has 0 amide bonds. The summed E-state index contributed by atoms with van der Waals surface area (Å²) in [7, 11) is 1.26. The van der Waals surface area contributed by atoms with Crippen LogP contribution in [-0.4, -0.2) is 19.1 Å². The van der Waals surface area contributed by atoms with E-state index in [1.165, 1.54) is 32.2 Å². The number of hydrogen-bond donors (Lipinski definition) is 0. The van der Waals surface area contributed by atoms with Gasteiger partial charge >= 0.3 is 6.18 Å². The van der Waals surface area contributed by atoms with E-state index in [0.717, 1.165) is 24.3 Å². The lowest BCUT2D eigenvalue weighted by Gasteiger charge is -2.09. The lowest BCUT2D eigenvalue weighted by Crippen LogP contribution is -2.18. The van der Waals surface area contributed by atoms with E-state index in [1.54, 1.807) is 0 Å². The van der Waals surface area contributed by atoms with Gasteiger partial charge in [0.25, 0.3) is 0 Å². The monoisotopic (exact) mass is 393 g/mol. The number of nitrogens with zero attached hydrogens (tertiary/aromatic N) is 2. The molecule has 0 unspecified atom stereocenters. The fourth-order valence-corrected chi connectivity index (χ4v) is 2.20. The van der Waals surface area contributed by atoms with E-state index >= 15 is 0 Å². The quantitative estimate of drug-likeness (QED) is 0.437. The van der Waals surface area contributed by atoms with Crippen LogP contribution in [0.3, 0.4) is 0 Å². The van der Waals surface area contributed by atoms with Crippen molar-refractivity contribution in [3.8, 4) is 5.75 Å². The van der Waals surface area contributed by atoms with Crippen LogP contribution in [0.2, 0.25) is 0 Å². The second-order valence-corrected chi connectivity index (χ2v) is 5.47. The molecule has 0 aromatic heterocycles. The Labute approximate surface area is 157 Å². The van der Waals surface area contributed by atoms with Crippen molar-refractivity contribution in [2.75, 3.05) is 7.11 Å². The number of aliphatic carboxylic acids is 1. The minimum atomic E-state index is -4.56. The predicted octanol–water partition coefficient (Wildman–Crippen LogP) is 4.06. The maximum Gasteiger partial charge on any atom is 0.416 e. The molecule has 0 N–H and O–H groups in total. The van der Waals surface area contributed by atoms with Crippen molar-refractivity contribution in [3.63, 3.8) is 0 Å². The van der Waals surface area contributed by atoms with E-state index in [0.29, 0.717) is 5.56 Å². The van der Waals surface area contributed by atoms with Gasteiger partial charge in [0.05, 0.1) is 18.6 Å². The molecule has 0 bridgehead atoms. The van der Waals surface area contributed by atoms with Gasteiger partial charge in [-0.05, 0) is 48.4 Å². The van der Waals surface area contributed by atoms with Crippen molar-refractivity contribution >= 4 is 29.4 Å². The first-order chi connectivity index (χ1) is 13.1. The van der Waals surface area contributed by atoms with Gasteiger partial charge in [-0.3, -0.25) is 0 Å². The lowest BCUT2D eigenvalue weighted by atomic mass is 10.1. The Hall–Kier alpha value is -3.45. The summed E-state index contributed by atoms with van der Waals surface area (Å²) in [5.74, 6) is -2.11. The van der Waals surface area contributed by atoms with Crippen LogP contribution < -0.4 is 9.84 Å². The number of carbonyl (C=O) groups excluding carboxylic acids is 1. The zero-order chi connectivity index (χ0) is 20.9. The van der Waals surface area contributed by atoms with Crippen LogP contribution in [0.15, 0.2) is 46.4 Å². The normalized spacial score (nSPS) is 11.2. The predicted molar refractivity (Wildman–Crippen MR) is 92.4 cm³/mol. The molecule has 28 heavy (non-hydrogen) atoms. The zero-order valence-corrected chi connectivity index (χ0v) is 14.7. The SMILES string of the molecule is COc1ccc(C(F)(F)F)cc1N=C=Nc1ccc(/C=C/C(=O)[O-])c(C)c1F. The first-order valence-electron chi connectivity index (χ1n) is 7.73. The Kier molecular flexibility index (Phi) is 6.33. The van der Waals surface area contributed by atoms with Gasteiger partial charge < -0.3 is 14.6 Å². The number of carboxylic acid groups (broad SMARTS) is 1. The van der Waals surface area contributed by atoms with Crippen molar-refractivity contribution in [1.82, 2.24) is 0 Å². The molecule has 0 saturated heterocycles. The summed E-state index contributed by atoms with van der Waals surface area (Å²) in [6.45, 7) is 1.41. The summed E-state index contributed by atoms with van der Waals surface area (Å²) in [5, 5.41) is 10.4. The number of hydrogen-bond acceptors (Lipinski definition) is 5. The summed E-state index contributed by atoms with van der Waals surface area (Å²) in [5.41, 5.74) is -0.848. The highest BCUT2D eigenvalue weighted by Gasteiger charge is 2.31. The smallest absolute Gasteiger partial charge is 0.416 e. The number of halogens is 4. The van der Waals surface area contributed by atoms with Gasteiger partial charge in [-0.2, -0.15) is 23.2 Å². The van der Waals surface area contributed by atoms with Gasteiger partial charge in [0, 0.05) is 0 Å². The van der Waals surface area contributed by atoms with Crippen LogP contribution in [0.5, 0.6) is 5.75 Å². The van der Waals surface area contributed by atoms with E-state index < -0.39 is 23.5 Å². The maximum absolute atomic E-state index is 14.3. The molecule has 0 radical (unpaired) electrons. The zero-order valence-electron chi connectivity index (χ0n) is 14.7. The summed E-state index contributed by atoms with van der Waals surface area (Å²) in [4.78, 5) is 17.8. The van der Waals surface area contributed by atoms with Crippen molar-refractivity contribution < 1.29 is 32.2 Å². The number of aliphatic imine (C=N–C) groups is 2. The molecule has 2 aromatic carbocycles. The molecule has 2 rings (SSSR count). The average molecular weight is 393 g/mol. The molecule has 5 nitrogen and oxygen atoms in total. The van der Waals surface area contributed by atoms with Crippen molar-refractivity contribution in [2.45, 2.75) is 13.1 Å². The van der Waals surface area contributed by atoms with Crippen molar-refractivity contribution in [1.29, 1.82) is 0 Å². The highest BCUT2D eigenvalue weighted by atomic mass is 19.4. The van der Waals surface area contributed by atoms with Crippen LogP contribution >= 0.6 is 0 Å². The molecule has 0 saturated carbocycles. The Balaban J connectivity index is 2.39.